The molecule has 0 aliphatic heterocycles. The van der Waals surface area contributed by atoms with Gasteiger partial charge in [0.2, 0.25) is 0 Å². The van der Waals surface area contributed by atoms with Crippen LogP contribution in [0.3, 0.4) is 0 Å². The first-order valence-electron chi connectivity index (χ1n) is 3.75. The fourth-order valence-electron chi connectivity index (χ4n) is 1.15. The highest BCUT2D eigenvalue weighted by Crippen LogP contribution is 2.31. The molecule has 0 radical (unpaired) electrons. The van der Waals surface area contributed by atoms with Gasteiger partial charge in [-0.25, -0.2) is 13.8 Å². The summed E-state index contributed by atoms with van der Waals surface area (Å²) in [6.07, 6.45) is -2.68. The van der Waals surface area contributed by atoms with Gasteiger partial charge in [-0.3, -0.25) is 0 Å². The second kappa shape index (κ2) is 3.09. The normalized spacial score (nSPS) is 11.4. The first-order chi connectivity index (χ1) is 6.59. The first-order valence-corrected chi connectivity index (χ1v) is 4.12. The van der Waals surface area contributed by atoms with Crippen molar-refractivity contribution in [1.82, 2.24) is 9.97 Å². The molecule has 1 aromatic heterocycles. The van der Waals surface area contributed by atoms with Crippen LogP contribution < -0.4 is 0 Å². The summed E-state index contributed by atoms with van der Waals surface area (Å²) in [4.78, 5) is 5.98. The molecule has 0 fully saturated rings. The lowest BCUT2D eigenvalue weighted by Gasteiger charge is -1.94. The minimum atomic E-state index is -2.68. The molecule has 1 heterocycles. The number of phenols is 1. The Kier molecular flexibility index (Phi) is 2.03. The number of nitrogens with zero attached hydrogens (tertiary/aromatic N) is 1. The van der Waals surface area contributed by atoms with E-state index < -0.39 is 12.2 Å². The summed E-state index contributed by atoms with van der Waals surface area (Å²) in [7, 11) is 0. The first kappa shape index (κ1) is 9.21. The Morgan fingerprint density at radius 1 is 1.43 bits per heavy atom. The van der Waals surface area contributed by atoms with E-state index in [4.69, 9.17) is 11.6 Å². The monoisotopic (exact) mass is 218 g/mol. The van der Waals surface area contributed by atoms with Crippen LogP contribution in [-0.2, 0) is 0 Å². The third-order valence-electron chi connectivity index (χ3n) is 1.80. The zero-order valence-corrected chi connectivity index (χ0v) is 7.52. The number of nitrogens with one attached hydrogen (secondary N) is 1. The molecule has 6 heteroatoms. The maximum absolute atomic E-state index is 12.2. The lowest BCUT2D eigenvalue weighted by molar-refractivity contribution is 0.142. The Morgan fingerprint density at radius 3 is 2.79 bits per heavy atom. The summed E-state index contributed by atoms with van der Waals surface area (Å²) in [6.45, 7) is 0. The number of halogens is 3. The van der Waals surface area contributed by atoms with Crippen LogP contribution in [0.2, 0.25) is 5.02 Å². The van der Waals surface area contributed by atoms with Gasteiger partial charge in [-0.1, -0.05) is 11.6 Å². The van der Waals surface area contributed by atoms with Gasteiger partial charge in [0.05, 0.1) is 5.52 Å². The predicted molar refractivity (Wildman–Crippen MR) is 47.7 cm³/mol. The van der Waals surface area contributed by atoms with Gasteiger partial charge in [0.25, 0.3) is 6.43 Å². The van der Waals surface area contributed by atoms with E-state index in [0.717, 1.165) is 0 Å². The van der Waals surface area contributed by atoms with E-state index in [2.05, 4.69) is 9.97 Å². The number of H-pyrrole nitrogens is 1. The minimum absolute atomic E-state index is 0.0225. The maximum atomic E-state index is 12.2. The summed E-state index contributed by atoms with van der Waals surface area (Å²) in [6, 6.07) is 2.76. The molecule has 14 heavy (non-hydrogen) atoms. The lowest BCUT2D eigenvalue weighted by Crippen LogP contribution is -1.85. The number of hydrogen-bond donors (Lipinski definition) is 2. The number of phenolic OH excluding ortho intramolecular Hbond substituents is 1. The highest BCUT2D eigenvalue weighted by molar-refractivity contribution is 6.36. The molecule has 2 rings (SSSR count). The summed E-state index contributed by atoms with van der Waals surface area (Å²) in [5.41, 5.74) is 0.532. The van der Waals surface area contributed by atoms with Gasteiger partial charge in [0.1, 0.15) is 16.3 Å². The number of aromatic nitrogens is 2. The Morgan fingerprint density at radius 2 is 2.14 bits per heavy atom. The Bertz CT molecular complexity index is 483. The fraction of sp³-hybridized carbons (Fsp3) is 0.125. The summed E-state index contributed by atoms with van der Waals surface area (Å²) in [5.74, 6) is -0.626. The molecule has 0 saturated carbocycles. The number of benzene rings is 1. The zero-order valence-electron chi connectivity index (χ0n) is 6.76. The van der Waals surface area contributed by atoms with Crippen molar-refractivity contribution in [2.45, 2.75) is 6.43 Å². The van der Waals surface area contributed by atoms with Crippen LogP contribution in [0, 0.1) is 0 Å². The van der Waals surface area contributed by atoms with Gasteiger partial charge in [0.15, 0.2) is 5.82 Å². The average Bonchev–Trinajstić information content (AvgIpc) is 2.56. The average molecular weight is 219 g/mol. The Labute approximate surface area is 82.3 Å². The van der Waals surface area contributed by atoms with E-state index in [1.54, 1.807) is 0 Å². The van der Waals surface area contributed by atoms with Crippen LogP contribution in [0.1, 0.15) is 12.2 Å². The number of imidazole rings is 1. The van der Waals surface area contributed by atoms with Crippen molar-refractivity contribution in [1.29, 1.82) is 0 Å². The van der Waals surface area contributed by atoms with E-state index in [1.807, 2.05) is 0 Å². The second-order valence-electron chi connectivity index (χ2n) is 2.72. The molecule has 3 nitrogen and oxygen atoms in total. The minimum Gasteiger partial charge on any atom is -0.506 e. The van der Waals surface area contributed by atoms with Gasteiger partial charge in [-0.05, 0) is 12.1 Å². The third-order valence-corrected chi connectivity index (χ3v) is 2.17. The van der Waals surface area contributed by atoms with Crippen molar-refractivity contribution in [3.63, 3.8) is 0 Å². The Balaban J connectivity index is 2.71. The number of rotatable bonds is 1. The van der Waals surface area contributed by atoms with Crippen LogP contribution in [-0.4, -0.2) is 15.1 Å². The molecule has 74 valence electrons. The van der Waals surface area contributed by atoms with Gasteiger partial charge >= 0.3 is 0 Å². The summed E-state index contributed by atoms with van der Waals surface area (Å²) >= 11 is 5.67. The lowest BCUT2D eigenvalue weighted by atomic mass is 10.3. The molecule has 1 aromatic carbocycles. The van der Waals surface area contributed by atoms with Crippen molar-refractivity contribution >= 4 is 22.6 Å². The van der Waals surface area contributed by atoms with Crippen molar-refractivity contribution in [2.24, 2.45) is 0 Å². The second-order valence-corrected chi connectivity index (χ2v) is 3.10. The molecular formula is C8H5ClF2N2O. The molecule has 0 aliphatic rings. The number of hydrogen-bond acceptors (Lipinski definition) is 2. The van der Waals surface area contributed by atoms with E-state index in [0.29, 0.717) is 5.52 Å². The maximum Gasteiger partial charge on any atom is 0.295 e. The van der Waals surface area contributed by atoms with E-state index in [9.17, 15) is 13.9 Å². The van der Waals surface area contributed by atoms with Crippen LogP contribution in [0.4, 0.5) is 8.78 Å². The zero-order chi connectivity index (χ0) is 10.3. The molecule has 0 bridgehead atoms. The molecule has 0 saturated heterocycles. The fourth-order valence-corrected chi connectivity index (χ4v) is 1.36. The number of aromatic hydroxyl groups is 1. The molecule has 2 N–H and O–H groups in total. The van der Waals surface area contributed by atoms with Crippen LogP contribution in [0.25, 0.3) is 11.0 Å². The summed E-state index contributed by atoms with van der Waals surface area (Å²) < 4.78 is 24.5. The third kappa shape index (κ3) is 1.29. The standard InChI is InChI=1S/C8H5ClF2N2O/c9-5-4(14)2-1-3-6(5)13-8(12-3)7(10)11/h1-2,7,14H,(H,12,13). The molecule has 0 atom stereocenters. The number of alkyl halides is 2. The van der Waals surface area contributed by atoms with Crippen LogP contribution in [0.15, 0.2) is 12.1 Å². The molecular weight excluding hydrogens is 214 g/mol. The molecule has 0 aliphatic carbocycles. The Hall–Kier alpha value is -1.36. The number of aromatic amines is 1. The van der Waals surface area contributed by atoms with Gasteiger partial charge in [-0.2, -0.15) is 0 Å². The molecule has 0 amide bonds. The summed E-state index contributed by atoms with van der Waals surface area (Å²) in [5, 5.41) is 9.17. The quantitative estimate of drug-likeness (QED) is 0.773. The molecule has 0 unspecified atom stereocenters. The van der Waals surface area contributed by atoms with Crippen molar-refractivity contribution < 1.29 is 13.9 Å². The van der Waals surface area contributed by atoms with Gasteiger partial charge in [-0.15, -0.1) is 0 Å². The topological polar surface area (TPSA) is 48.9 Å². The van der Waals surface area contributed by atoms with Crippen LogP contribution >= 0.6 is 11.6 Å². The largest absolute Gasteiger partial charge is 0.506 e. The van der Waals surface area contributed by atoms with Crippen LogP contribution in [0.5, 0.6) is 5.75 Å². The molecule has 0 spiro atoms. The predicted octanol–water partition coefficient (Wildman–Crippen LogP) is 2.86. The smallest absolute Gasteiger partial charge is 0.295 e. The van der Waals surface area contributed by atoms with E-state index in [-0.39, 0.29) is 16.3 Å². The highest BCUT2D eigenvalue weighted by atomic mass is 35.5. The molecule has 2 aromatic rings. The van der Waals surface area contributed by atoms with Gasteiger partial charge < -0.3 is 10.1 Å². The highest BCUT2D eigenvalue weighted by Gasteiger charge is 2.15. The van der Waals surface area contributed by atoms with Crippen molar-refractivity contribution in [3.05, 3.63) is 23.0 Å². The van der Waals surface area contributed by atoms with E-state index in [1.165, 1.54) is 12.1 Å². The van der Waals surface area contributed by atoms with Crippen molar-refractivity contribution in [3.8, 4) is 5.75 Å². The van der Waals surface area contributed by atoms with Crippen molar-refractivity contribution in [2.75, 3.05) is 0 Å². The number of fused-ring (bicyclic) bond motifs is 1. The SMILES string of the molecule is Oc1ccc2[nH]c(C(F)F)nc2c1Cl. The van der Waals surface area contributed by atoms with Gasteiger partial charge in [0, 0.05) is 0 Å². The van der Waals surface area contributed by atoms with E-state index >= 15 is 0 Å².